The third-order valence-corrected chi connectivity index (χ3v) is 4.85. The molecule has 0 atom stereocenters. The second-order valence-electron chi connectivity index (χ2n) is 5.82. The van der Waals surface area contributed by atoms with Gasteiger partial charge in [0, 0.05) is 38.0 Å². The van der Waals surface area contributed by atoms with Gasteiger partial charge in [-0.25, -0.2) is 4.79 Å². The minimum Gasteiger partial charge on any atom is -0.445 e. The second kappa shape index (κ2) is 9.56. The number of hydrogen-bond donors (Lipinski definition) is 1. The number of aromatic nitrogens is 3. The number of carbonyl (C=O) groups is 2. The van der Waals surface area contributed by atoms with Crippen LogP contribution in [0.5, 0.6) is 0 Å². The maximum absolute atomic E-state index is 12.3. The molecule has 0 aliphatic carbocycles. The Balaban J connectivity index is 1.43. The van der Waals surface area contributed by atoms with E-state index >= 15 is 0 Å². The first kappa shape index (κ1) is 19.4. The first-order valence-corrected chi connectivity index (χ1v) is 9.40. The highest BCUT2D eigenvalue weighted by Crippen LogP contribution is 2.27. The number of ether oxygens (including phenoxy) is 1. The van der Waals surface area contributed by atoms with Gasteiger partial charge in [-0.15, -0.1) is 10.2 Å². The monoisotopic (exact) mass is 397 g/mol. The topological polar surface area (TPSA) is 97.3 Å². The summed E-state index contributed by atoms with van der Waals surface area (Å²) in [4.78, 5) is 29.5. The van der Waals surface area contributed by atoms with Crippen LogP contribution in [0, 0.1) is 0 Å². The number of pyridine rings is 1. The van der Waals surface area contributed by atoms with E-state index in [9.17, 15) is 9.59 Å². The summed E-state index contributed by atoms with van der Waals surface area (Å²) in [6.07, 6.45) is 2.93. The minimum absolute atomic E-state index is 0.124. The summed E-state index contributed by atoms with van der Waals surface area (Å²) in [5.41, 5.74) is 1.74. The molecule has 1 aromatic carbocycles. The maximum Gasteiger partial charge on any atom is 0.407 e. The van der Waals surface area contributed by atoms with Crippen LogP contribution in [0.25, 0.3) is 10.6 Å². The fourth-order valence-electron chi connectivity index (χ4n) is 2.28. The van der Waals surface area contributed by atoms with Crippen molar-refractivity contribution in [1.82, 2.24) is 20.5 Å². The molecule has 28 heavy (non-hydrogen) atoms. The molecule has 0 spiro atoms. The quantitative estimate of drug-likeness (QED) is 0.658. The SMILES string of the molecule is CN(C(=O)CCNC(=O)OCc1ccccc1)c1nnc(-c2cccnc2)s1. The van der Waals surface area contributed by atoms with Gasteiger partial charge >= 0.3 is 6.09 Å². The zero-order chi connectivity index (χ0) is 19.8. The molecule has 0 fully saturated rings. The molecule has 8 nitrogen and oxygen atoms in total. The van der Waals surface area contributed by atoms with Crippen LogP contribution in [0.4, 0.5) is 9.93 Å². The lowest BCUT2D eigenvalue weighted by molar-refractivity contribution is -0.118. The Morgan fingerprint density at radius 2 is 1.96 bits per heavy atom. The molecule has 0 saturated carbocycles. The highest BCUT2D eigenvalue weighted by atomic mass is 32.1. The van der Waals surface area contributed by atoms with E-state index in [0.29, 0.717) is 10.1 Å². The van der Waals surface area contributed by atoms with E-state index < -0.39 is 6.09 Å². The van der Waals surface area contributed by atoms with Crippen LogP contribution < -0.4 is 10.2 Å². The average molecular weight is 397 g/mol. The van der Waals surface area contributed by atoms with Crippen molar-refractivity contribution in [1.29, 1.82) is 0 Å². The van der Waals surface area contributed by atoms with E-state index in [2.05, 4.69) is 20.5 Å². The van der Waals surface area contributed by atoms with Gasteiger partial charge in [-0.1, -0.05) is 41.7 Å². The van der Waals surface area contributed by atoms with E-state index in [1.165, 1.54) is 16.2 Å². The number of nitrogens with one attached hydrogen (secondary N) is 1. The van der Waals surface area contributed by atoms with Gasteiger partial charge in [-0.2, -0.15) is 0 Å². The minimum atomic E-state index is -0.561. The van der Waals surface area contributed by atoms with Gasteiger partial charge in [0.2, 0.25) is 11.0 Å². The lowest BCUT2D eigenvalue weighted by atomic mass is 10.2. The average Bonchev–Trinajstić information content (AvgIpc) is 3.23. The van der Waals surface area contributed by atoms with Crippen LogP contribution in [0.15, 0.2) is 54.9 Å². The van der Waals surface area contributed by atoms with Crippen molar-refractivity contribution in [3.8, 4) is 10.6 Å². The number of amides is 2. The van der Waals surface area contributed by atoms with Crippen LogP contribution in [0.1, 0.15) is 12.0 Å². The molecule has 2 aromatic heterocycles. The Hall–Kier alpha value is -3.33. The zero-order valence-electron chi connectivity index (χ0n) is 15.2. The van der Waals surface area contributed by atoms with E-state index in [1.807, 2.05) is 42.5 Å². The smallest absolute Gasteiger partial charge is 0.407 e. The fraction of sp³-hybridized carbons (Fsp3) is 0.211. The Labute approximate surface area is 166 Å². The third kappa shape index (κ3) is 5.34. The molecule has 2 heterocycles. The summed E-state index contributed by atoms with van der Waals surface area (Å²) in [7, 11) is 1.63. The van der Waals surface area contributed by atoms with E-state index in [1.54, 1.807) is 19.4 Å². The molecule has 9 heteroatoms. The highest BCUT2D eigenvalue weighted by molar-refractivity contribution is 7.18. The number of benzene rings is 1. The molecule has 144 valence electrons. The van der Waals surface area contributed by atoms with Gasteiger partial charge in [0.1, 0.15) is 6.61 Å². The predicted octanol–water partition coefficient (Wildman–Crippen LogP) is 2.88. The van der Waals surface area contributed by atoms with Gasteiger partial charge in [0.15, 0.2) is 5.01 Å². The van der Waals surface area contributed by atoms with Crippen LogP contribution in [-0.2, 0) is 16.1 Å². The molecular formula is C19H19N5O3S. The van der Waals surface area contributed by atoms with Crippen LogP contribution in [0.3, 0.4) is 0 Å². The number of nitrogens with zero attached hydrogens (tertiary/aromatic N) is 4. The van der Waals surface area contributed by atoms with E-state index in [4.69, 9.17) is 4.74 Å². The van der Waals surface area contributed by atoms with E-state index in [0.717, 1.165) is 11.1 Å². The first-order chi connectivity index (χ1) is 13.6. The molecule has 0 aliphatic heterocycles. The highest BCUT2D eigenvalue weighted by Gasteiger charge is 2.16. The summed E-state index contributed by atoms with van der Waals surface area (Å²) in [5, 5.41) is 11.9. The summed E-state index contributed by atoms with van der Waals surface area (Å²) >= 11 is 1.30. The van der Waals surface area contributed by atoms with E-state index in [-0.39, 0.29) is 25.5 Å². The second-order valence-corrected chi connectivity index (χ2v) is 6.78. The number of carbonyl (C=O) groups excluding carboxylic acids is 2. The lowest BCUT2D eigenvalue weighted by Crippen LogP contribution is -2.32. The molecule has 3 aromatic rings. The fourth-order valence-corrected chi connectivity index (χ4v) is 3.09. The van der Waals surface area contributed by atoms with Gasteiger partial charge in [-0.3, -0.25) is 14.7 Å². The number of hydrogen-bond acceptors (Lipinski definition) is 7. The van der Waals surface area contributed by atoms with Crippen molar-refractivity contribution in [2.24, 2.45) is 0 Å². The molecule has 1 N–H and O–H groups in total. The van der Waals surface area contributed by atoms with Crippen molar-refractivity contribution in [2.75, 3.05) is 18.5 Å². The van der Waals surface area contributed by atoms with Crippen molar-refractivity contribution >= 4 is 28.5 Å². The molecule has 0 bridgehead atoms. The molecular weight excluding hydrogens is 378 g/mol. The normalized spacial score (nSPS) is 10.3. The van der Waals surface area contributed by atoms with Gasteiger partial charge < -0.3 is 10.1 Å². The summed E-state index contributed by atoms with van der Waals surface area (Å²) in [5.74, 6) is -0.183. The molecule has 0 unspecified atom stereocenters. The molecule has 0 radical (unpaired) electrons. The number of alkyl carbamates (subject to hydrolysis) is 1. The zero-order valence-corrected chi connectivity index (χ0v) is 16.1. The summed E-state index contributed by atoms with van der Waals surface area (Å²) in [6, 6.07) is 13.1. The molecule has 3 rings (SSSR count). The Morgan fingerprint density at radius 1 is 1.14 bits per heavy atom. The van der Waals surface area contributed by atoms with Gasteiger partial charge in [-0.05, 0) is 17.7 Å². The van der Waals surface area contributed by atoms with Crippen LogP contribution in [0.2, 0.25) is 0 Å². The molecule has 0 aliphatic rings. The van der Waals surface area contributed by atoms with Crippen molar-refractivity contribution < 1.29 is 14.3 Å². The molecule has 2 amide bonds. The van der Waals surface area contributed by atoms with Gasteiger partial charge in [0.05, 0.1) is 0 Å². The summed E-state index contributed by atoms with van der Waals surface area (Å²) < 4.78 is 5.11. The number of anilines is 1. The lowest BCUT2D eigenvalue weighted by Gasteiger charge is -2.13. The predicted molar refractivity (Wildman–Crippen MR) is 106 cm³/mol. The standard InChI is InChI=1S/C19H19N5O3S/c1-24(18-23-22-17(28-18)15-8-5-10-20-12-15)16(25)9-11-21-19(26)27-13-14-6-3-2-4-7-14/h2-8,10,12H,9,11,13H2,1H3,(H,21,26). The number of rotatable bonds is 7. The Bertz CT molecular complexity index is 918. The largest absolute Gasteiger partial charge is 0.445 e. The van der Waals surface area contributed by atoms with Crippen LogP contribution >= 0.6 is 11.3 Å². The van der Waals surface area contributed by atoms with Crippen molar-refractivity contribution in [2.45, 2.75) is 13.0 Å². The third-order valence-electron chi connectivity index (χ3n) is 3.80. The van der Waals surface area contributed by atoms with Crippen molar-refractivity contribution in [3.05, 3.63) is 60.4 Å². The Morgan fingerprint density at radius 3 is 2.71 bits per heavy atom. The maximum atomic E-state index is 12.3. The van der Waals surface area contributed by atoms with Crippen molar-refractivity contribution in [3.63, 3.8) is 0 Å². The Kier molecular flexibility index (Phi) is 6.64. The van der Waals surface area contributed by atoms with Gasteiger partial charge in [0.25, 0.3) is 0 Å². The first-order valence-electron chi connectivity index (χ1n) is 8.58. The van der Waals surface area contributed by atoms with Crippen LogP contribution in [-0.4, -0.2) is 40.8 Å². The molecule has 0 saturated heterocycles. The summed E-state index contributed by atoms with van der Waals surface area (Å²) in [6.45, 7) is 0.355.